The summed E-state index contributed by atoms with van der Waals surface area (Å²) < 4.78 is 12.0. The van der Waals surface area contributed by atoms with Gasteiger partial charge in [-0.25, -0.2) is 5.09 Å². The predicted octanol–water partition coefficient (Wildman–Crippen LogP) is 1.99. The first-order valence-corrected chi connectivity index (χ1v) is 10.4. The summed E-state index contributed by atoms with van der Waals surface area (Å²) in [6.45, 7) is -3.30. The molecule has 0 aliphatic rings. The number of carbonyl (C=O) groups is 1. The average Bonchev–Trinajstić information content (AvgIpc) is 2.54. The van der Waals surface area contributed by atoms with Crippen LogP contribution in [0.25, 0.3) is 0 Å². The minimum atomic E-state index is -3.30. The van der Waals surface area contributed by atoms with E-state index in [0.717, 1.165) is 0 Å². The lowest BCUT2D eigenvalue weighted by Gasteiger charge is -2.18. The second-order valence-electron chi connectivity index (χ2n) is 4.34. The molecular formula is C14H15N2O3PS2. The number of hydrogen-bond donors (Lipinski definition) is 3. The third-order valence-corrected chi connectivity index (χ3v) is 5.88. The molecule has 0 fully saturated rings. The Balaban J connectivity index is 1.93. The largest absolute Gasteiger partial charge is 0.339 e. The summed E-state index contributed by atoms with van der Waals surface area (Å²) in [5.74, 6) is -0.503. The Bertz CT molecular complexity index is 711. The van der Waals surface area contributed by atoms with Crippen molar-refractivity contribution in [2.24, 2.45) is 0 Å². The van der Waals surface area contributed by atoms with Crippen LogP contribution < -0.4 is 10.2 Å². The zero-order valence-electron chi connectivity index (χ0n) is 11.5. The molecule has 2 aromatic rings. The molecule has 0 radical (unpaired) electrons. The molecule has 0 saturated carbocycles. The van der Waals surface area contributed by atoms with Crippen molar-refractivity contribution in [1.82, 2.24) is 10.2 Å². The topological polar surface area (TPSA) is 78.4 Å². The van der Waals surface area contributed by atoms with Gasteiger partial charge in [0.2, 0.25) is 6.57 Å². The van der Waals surface area contributed by atoms with Gasteiger partial charge in [-0.05, 0) is 36.1 Å². The van der Waals surface area contributed by atoms with Crippen molar-refractivity contribution >= 4 is 35.1 Å². The fourth-order valence-electron chi connectivity index (χ4n) is 1.63. The highest BCUT2D eigenvalue weighted by molar-refractivity contribution is 8.10. The maximum absolute atomic E-state index is 12.0. The summed E-state index contributed by atoms with van der Waals surface area (Å²) in [6.07, 6.45) is 0. The van der Waals surface area contributed by atoms with Gasteiger partial charge in [-0.3, -0.25) is 14.1 Å². The Morgan fingerprint density at radius 1 is 1.09 bits per heavy atom. The zero-order chi connectivity index (χ0) is 16.0. The predicted molar refractivity (Wildman–Crippen MR) is 91.3 cm³/mol. The molecule has 0 heterocycles. The first kappa shape index (κ1) is 17.0. The molecule has 2 rings (SSSR count). The van der Waals surface area contributed by atoms with Crippen LogP contribution in [-0.4, -0.2) is 20.9 Å². The smallest absolute Gasteiger partial charge is 0.257 e. The molecule has 3 N–H and O–H groups in total. The Labute approximate surface area is 136 Å². The van der Waals surface area contributed by atoms with Crippen LogP contribution in [0.5, 0.6) is 0 Å². The van der Waals surface area contributed by atoms with Gasteiger partial charge in [-0.1, -0.05) is 36.4 Å². The first-order valence-electron chi connectivity index (χ1n) is 6.37. The number of carbonyl (C=O) groups excluding carboxylic acids is 1. The highest BCUT2D eigenvalue weighted by atomic mass is 32.4. The molecule has 2 unspecified atom stereocenters. The van der Waals surface area contributed by atoms with E-state index in [2.05, 4.69) is 10.2 Å². The minimum Gasteiger partial charge on any atom is -0.339 e. The Hall–Kier alpha value is -1.37. The Morgan fingerprint density at radius 3 is 2.23 bits per heavy atom. The number of nitrogens with one attached hydrogen (secondary N) is 2. The SMILES string of the molecule is O=C(NP(O)(=S)NCS(=O)c1ccccc1)c1ccccc1. The van der Waals surface area contributed by atoms with Crippen LogP contribution in [0.15, 0.2) is 65.6 Å². The molecule has 0 spiro atoms. The Morgan fingerprint density at radius 2 is 1.64 bits per heavy atom. The minimum absolute atomic E-state index is 0.0349. The van der Waals surface area contributed by atoms with Crippen molar-refractivity contribution in [2.75, 3.05) is 5.88 Å². The highest BCUT2D eigenvalue weighted by Crippen LogP contribution is 2.30. The van der Waals surface area contributed by atoms with E-state index < -0.39 is 23.3 Å². The van der Waals surface area contributed by atoms with E-state index in [0.29, 0.717) is 10.5 Å². The fraction of sp³-hybridized carbons (Fsp3) is 0.0714. The van der Waals surface area contributed by atoms with Crippen molar-refractivity contribution < 1.29 is 13.9 Å². The van der Waals surface area contributed by atoms with E-state index >= 15 is 0 Å². The average molecular weight is 354 g/mol. The second-order valence-corrected chi connectivity index (χ2v) is 9.07. The summed E-state index contributed by atoms with van der Waals surface area (Å²) in [4.78, 5) is 22.7. The maximum atomic E-state index is 12.0. The molecule has 0 aliphatic heterocycles. The van der Waals surface area contributed by atoms with Gasteiger partial charge in [0.25, 0.3) is 5.91 Å². The van der Waals surface area contributed by atoms with Crippen molar-refractivity contribution in [3.63, 3.8) is 0 Å². The zero-order valence-corrected chi connectivity index (χ0v) is 14.0. The number of rotatable bonds is 6. The molecule has 2 atom stereocenters. The molecule has 0 bridgehead atoms. The van der Waals surface area contributed by atoms with Crippen LogP contribution in [0, 0.1) is 0 Å². The van der Waals surface area contributed by atoms with Gasteiger partial charge < -0.3 is 4.89 Å². The van der Waals surface area contributed by atoms with E-state index in [9.17, 15) is 13.9 Å². The summed E-state index contributed by atoms with van der Waals surface area (Å²) in [6, 6.07) is 17.3. The normalized spacial score (nSPS) is 14.8. The van der Waals surface area contributed by atoms with Gasteiger partial charge in [0.1, 0.15) is 0 Å². The molecule has 2 aromatic carbocycles. The molecule has 8 heteroatoms. The van der Waals surface area contributed by atoms with Gasteiger partial charge in [0, 0.05) is 10.5 Å². The highest BCUT2D eigenvalue weighted by Gasteiger charge is 2.18. The van der Waals surface area contributed by atoms with E-state index in [1.54, 1.807) is 54.6 Å². The van der Waals surface area contributed by atoms with Crippen molar-refractivity contribution in [1.29, 1.82) is 0 Å². The molecule has 22 heavy (non-hydrogen) atoms. The molecule has 0 aliphatic carbocycles. The summed E-state index contributed by atoms with van der Waals surface area (Å²) in [5, 5.41) is 4.98. The van der Waals surface area contributed by atoms with Crippen molar-refractivity contribution in [3.05, 3.63) is 66.2 Å². The van der Waals surface area contributed by atoms with Crippen LogP contribution in [0.1, 0.15) is 10.4 Å². The van der Waals surface area contributed by atoms with Crippen molar-refractivity contribution in [3.8, 4) is 0 Å². The van der Waals surface area contributed by atoms with Gasteiger partial charge in [0.15, 0.2) is 0 Å². The van der Waals surface area contributed by atoms with Crippen LogP contribution in [0.3, 0.4) is 0 Å². The number of benzene rings is 2. The van der Waals surface area contributed by atoms with Gasteiger partial charge >= 0.3 is 0 Å². The lowest BCUT2D eigenvalue weighted by molar-refractivity contribution is 0.0979. The third kappa shape index (κ3) is 5.12. The molecule has 0 saturated heterocycles. The monoisotopic (exact) mass is 354 g/mol. The van der Waals surface area contributed by atoms with E-state index in [-0.39, 0.29) is 5.88 Å². The summed E-state index contributed by atoms with van der Waals surface area (Å²) in [5.41, 5.74) is 0.400. The molecule has 5 nitrogen and oxygen atoms in total. The molecule has 0 aromatic heterocycles. The van der Waals surface area contributed by atoms with Crippen LogP contribution >= 0.6 is 6.57 Å². The van der Waals surface area contributed by atoms with Gasteiger partial charge in [0.05, 0.1) is 16.7 Å². The molecule has 1 amide bonds. The van der Waals surface area contributed by atoms with Gasteiger partial charge in [-0.2, -0.15) is 0 Å². The third-order valence-electron chi connectivity index (χ3n) is 2.71. The number of hydrogen-bond acceptors (Lipinski definition) is 3. The van der Waals surface area contributed by atoms with Gasteiger partial charge in [-0.15, -0.1) is 0 Å². The van der Waals surface area contributed by atoms with Crippen LogP contribution in [0.4, 0.5) is 0 Å². The maximum Gasteiger partial charge on any atom is 0.257 e. The summed E-state index contributed by atoms with van der Waals surface area (Å²) in [7, 11) is -1.35. The van der Waals surface area contributed by atoms with E-state index in [1.807, 2.05) is 6.07 Å². The van der Waals surface area contributed by atoms with E-state index in [4.69, 9.17) is 11.8 Å². The summed E-state index contributed by atoms with van der Waals surface area (Å²) >= 11 is 4.98. The second kappa shape index (κ2) is 7.76. The quantitative estimate of drug-likeness (QED) is 0.692. The fourth-order valence-corrected chi connectivity index (χ4v) is 4.64. The lowest BCUT2D eigenvalue weighted by Crippen LogP contribution is -2.29. The lowest BCUT2D eigenvalue weighted by atomic mass is 10.2. The number of amides is 1. The molecular weight excluding hydrogens is 339 g/mol. The van der Waals surface area contributed by atoms with Crippen LogP contribution in [0.2, 0.25) is 0 Å². The molecule has 116 valence electrons. The van der Waals surface area contributed by atoms with E-state index in [1.165, 1.54) is 0 Å². The first-order chi connectivity index (χ1) is 10.5. The standard InChI is InChI=1S/C14H15N2O3PS2/c17-14(12-7-3-1-4-8-12)16-20(18,21)15-11-22(19)13-9-5-2-6-10-13/h1-10H,11H2,(H3,15,16,17,18,21). The Kier molecular flexibility index (Phi) is 5.99. The van der Waals surface area contributed by atoms with Crippen LogP contribution in [-0.2, 0) is 22.6 Å². The van der Waals surface area contributed by atoms with Crippen molar-refractivity contribution in [2.45, 2.75) is 4.90 Å².